The van der Waals surface area contributed by atoms with E-state index in [1.807, 2.05) is 25.2 Å². The second-order valence-corrected chi connectivity index (χ2v) is 8.14. The molecule has 10 heteroatoms. The number of aromatic nitrogens is 2. The summed E-state index contributed by atoms with van der Waals surface area (Å²) in [6.45, 7) is 2.20. The number of benzene rings is 2. The first-order valence-corrected chi connectivity index (χ1v) is 10.4. The van der Waals surface area contributed by atoms with E-state index in [1.165, 1.54) is 5.56 Å². The minimum Gasteiger partial charge on any atom is -0.492 e. The molecule has 0 bridgehead atoms. The van der Waals surface area contributed by atoms with E-state index in [9.17, 15) is 8.42 Å². The quantitative estimate of drug-likeness (QED) is 0.561. The second-order valence-electron chi connectivity index (χ2n) is 6.39. The first-order valence-electron chi connectivity index (χ1n) is 8.49. The molecule has 1 heterocycles. The number of halogens is 1. The highest BCUT2D eigenvalue weighted by Gasteiger charge is 2.05. The summed E-state index contributed by atoms with van der Waals surface area (Å²) in [5, 5.41) is 7.66. The lowest BCUT2D eigenvalue weighted by Gasteiger charge is -2.17. The van der Waals surface area contributed by atoms with Gasteiger partial charge in [0, 0.05) is 18.8 Å². The number of nitrogens with zero attached hydrogens (tertiary/aromatic N) is 3. The Balaban J connectivity index is 0.00000280. The molecule has 0 aliphatic carbocycles. The van der Waals surface area contributed by atoms with Crippen LogP contribution in [0.3, 0.4) is 0 Å². The Morgan fingerprint density at radius 2 is 1.79 bits per heavy atom. The van der Waals surface area contributed by atoms with Crippen LogP contribution in [0.2, 0.25) is 0 Å². The number of hydrogen-bond acceptors (Lipinski definition) is 7. The molecule has 152 valence electrons. The molecule has 1 N–H and O–H groups in total. The topological polar surface area (TPSA) is 97.6 Å². The van der Waals surface area contributed by atoms with Crippen LogP contribution >= 0.6 is 12.4 Å². The summed E-state index contributed by atoms with van der Waals surface area (Å²) >= 11 is 0. The number of hydrogen-bond donors (Lipinski definition) is 1. The monoisotopic (exact) mass is 426 g/mol. The minimum absolute atomic E-state index is 0. The number of likely N-dealkylation sites (N-methyl/N-ethyl adjacent to an activating group) is 1. The Bertz CT molecular complexity index is 992. The Hall–Kier alpha value is -2.36. The molecule has 0 saturated heterocycles. The van der Waals surface area contributed by atoms with E-state index >= 15 is 0 Å². The SMILES string of the molecule is CN(CCOc1ccc(NS(C)(=O)=O)cc1)CCc1ccc2nonc2c1.Cl. The molecular weight excluding hydrogens is 404 g/mol. The highest BCUT2D eigenvalue weighted by molar-refractivity contribution is 7.92. The van der Waals surface area contributed by atoms with E-state index < -0.39 is 10.0 Å². The first kappa shape index (κ1) is 21.9. The average Bonchev–Trinajstić information content (AvgIpc) is 3.08. The molecule has 8 nitrogen and oxygen atoms in total. The molecular formula is C18H23ClN4O4S. The summed E-state index contributed by atoms with van der Waals surface area (Å²) in [6.07, 6.45) is 2.01. The van der Waals surface area contributed by atoms with Crippen molar-refractivity contribution in [1.82, 2.24) is 15.2 Å². The van der Waals surface area contributed by atoms with Crippen molar-refractivity contribution in [1.29, 1.82) is 0 Å². The van der Waals surface area contributed by atoms with Gasteiger partial charge in [0.15, 0.2) is 0 Å². The number of nitrogens with one attached hydrogen (secondary N) is 1. The fourth-order valence-corrected chi connectivity index (χ4v) is 3.13. The molecule has 0 unspecified atom stereocenters. The lowest BCUT2D eigenvalue weighted by molar-refractivity contribution is 0.239. The maximum atomic E-state index is 11.2. The Labute approximate surface area is 170 Å². The van der Waals surface area contributed by atoms with E-state index in [0.717, 1.165) is 36.8 Å². The predicted octanol–water partition coefficient (Wildman–Crippen LogP) is 2.57. The molecule has 0 amide bonds. The van der Waals surface area contributed by atoms with Gasteiger partial charge >= 0.3 is 0 Å². The highest BCUT2D eigenvalue weighted by atomic mass is 35.5. The summed E-state index contributed by atoms with van der Waals surface area (Å²) in [7, 11) is -1.23. The van der Waals surface area contributed by atoms with Crippen molar-refractivity contribution in [3.05, 3.63) is 48.0 Å². The zero-order valence-corrected chi connectivity index (χ0v) is 17.3. The van der Waals surface area contributed by atoms with Crippen molar-refractivity contribution in [2.45, 2.75) is 6.42 Å². The third-order valence-electron chi connectivity index (χ3n) is 4.00. The minimum atomic E-state index is -3.27. The summed E-state index contributed by atoms with van der Waals surface area (Å²) in [5.41, 5.74) is 3.23. The molecule has 0 saturated carbocycles. The summed E-state index contributed by atoms with van der Waals surface area (Å²) in [4.78, 5) is 2.19. The standard InChI is InChI=1S/C18H22N4O4S.ClH/c1-22(10-9-14-3-8-17-18(13-14)20-26-19-17)11-12-25-16-6-4-15(5-7-16)21-27(2,23)24;/h3-8,13,21H,9-12H2,1-2H3;1H. The smallest absolute Gasteiger partial charge is 0.229 e. The maximum absolute atomic E-state index is 11.2. The molecule has 1 aromatic heterocycles. The number of rotatable bonds is 9. The fraction of sp³-hybridized carbons (Fsp3) is 0.333. The summed E-state index contributed by atoms with van der Waals surface area (Å²) in [6, 6.07) is 12.8. The van der Waals surface area contributed by atoms with Crippen LogP contribution in [-0.2, 0) is 16.4 Å². The third kappa shape index (κ3) is 6.66. The van der Waals surface area contributed by atoms with Crippen molar-refractivity contribution in [2.75, 3.05) is 37.7 Å². The summed E-state index contributed by atoms with van der Waals surface area (Å²) in [5.74, 6) is 0.700. The third-order valence-corrected chi connectivity index (χ3v) is 4.61. The first-order chi connectivity index (χ1) is 12.9. The molecule has 0 aliphatic rings. The van der Waals surface area contributed by atoms with Gasteiger partial charge in [0.1, 0.15) is 23.4 Å². The molecule has 0 radical (unpaired) electrons. The molecule has 0 fully saturated rings. The Kier molecular flexibility index (Phi) is 7.61. The zero-order chi connectivity index (χ0) is 19.3. The predicted molar refractivity (Wildman–Crippen MR) is 111 cm³/mol. The van der Waals surface area contributed by atoms with Crippen molar-refractivity contribution >= 4 is 39.2 Å². The van der Waals surface area contributed by atoms with E-state index in [2.05, 4.69) is 19.9 Å². The van der Waals surface area contributed by atoms with E-state index in [4.69, 9.17) is 9.37 Å². The maximum Gasteiger partial charge on any atom is 0.229 e. The van der Waals surface area contributed by atoms with Crippen LogP contribution in [0.25, 0.3) is 11.0 Å². The molecule has 0 atom stereocenters. The zero-order valence-electron chi connectivity index (χ0n) is 15.7. The highest BCUT2D eigenvalue weighted by Crippen LogP contribution is 2.16. The normalized spacial score (nSPS) is 11.4. The molecule has 3 rings (SSSR count). The van der Waals surface area contributed by atoms with Gasteiger partial charge < -0.3 is 9.64 Å². The van der Waals surface area contributed by atoms with Crippen LogP contribution in [0.4, 0.5) is 5.69 Å². The second kappa shape index (κ2) is 9.72. The van der Waals surface area contributed by atoms with Gasteiger partial charge in [-0.2, -0.15) is 0 Å². The Morgan fingerprint density at radius 1 is 1.07 bits per heavy atom. The lowest BCUT2D eigenvalue weighted by Crippen LogP contribution is -2.26. The van der Waals surface area contributed by atoms with Crippen LogP contribution in [0.1, 0.15) is 5.56 Å². The van der Waals surface area contributed by atoms with Gasteiger partial charge in [0.2, 0.25) is 10.0 Å². The summed E-state index contributed by atoms with van der Waals surface area (Å²) < 4.78 is 35.2. The largest absolute Gasteiger partial charge is 0.492 e. The Morgan fingerprint density at radius 3 is 2.50 bits per heavy atom. The van der Waals surface area contributed by atoms with Crippen molar-refractivity contribution in [3.63, 3.8) is 0 Å². The average molecular weight is 427 g/mol. The van der Waals surface area contributed by atoms with Gasteiger partial charge in [0.25, 0.3) is 0 Å². The van der Waals surface area contributed by atoms with Crippen LogP contribution in [0.15, 0.2) is 47.1 Å². The van der Waals surface area contributed by atoms with Gasteiger partial charge in [-0.15, -0.1) is 12.4 Å². The number of sulfonamides is 1. The van der Waals surface area contributed by atoms with Crippen LogP contribution in [-0.4, -0.2) is 56.6 Å². The molecule has 28 heavy (non-hydrogen) atoms. The number of anilines is 1. The van der Waals surface area contributed by atoms with Gasteiger partial charge in [-0.05, 0) is 65.7 Å². The molecule has 0 aliphatic heterocycles. The van der Waals surface area contributed by atoms with Crippen LogP contribution < -0.4 is 9.46 Å². The van der Waals surface area contributed by atoms with Crippen molar-refractivity contribution < 1.29 is 17.8 Å². The number of fused-ring (bicyclic) bond motifs is 1. The fourth-order valence-electron chi connectivity index (χ4n) is 2.57. The van der Waals surface area contributed by atoms with Gasteiger partial charge in [0.05, 0.1) is 6.26 Å². The van der Waals surface area contributed by atoms with E-state index in [-0.39, 0.29) is 12.4 Å². The van der Waals surface area contributed by atoms with E-state index in [0.29, 0.717) is 18.0 Å². The van der Waals surface area contributed by atoms with Crippen molar-refractivity contribution in [3.8, 4) is 5.75 Å². The van der Waals surface area contributed by atoms with Crippen LogP contribution in [0, 0.1) is 0 Å². The van der Waals surface area contributed by atoms with Gasteiger partial charge in [-0.1, -0.05) is 6.07 Å². The molecule has 0 spiro atoms. The number of ether oxygens (including phenoxy) is 1. The lowest BCUT2D eigenvalue weighted by atomic mass is 10.1. The molecule has 3 aromatic rings. The van der Waals surface area contributed by atoms with Gasteiger partial charge in [-0.25, -0.2) is 13.0 Å². The van der Waals surface area contributed by atoms with Crippen molar-refractivity contribution in [2.24, 2.45) is 0 Å². The van der Waals surface area contributed by atoms with Gasteiger partial charge in [-0.3, -0.25) is 4.72 Å². The van der Waals surface area contributed by atoms with Crippen LogP contribution in [0.5, 0.6) is 5.75 Å². The van der Waals surface area contributed by atoms with E-state index in [1.54, 1.807) is 24.3 Å². The molecule has 2 aromatic carbocycles.